The molecule has 19 heavy (non-hydrogen) atoms. The molecule has 106 valence electrons. The maximum atomic E-state index is 11.5. The second-order valence-corrected chi connectivity index (χ2v) is 4.36. The molecule has 0 aromatic carbocycles. The van der Waals surface area contributed by atoms with Crippen LogP contribution in [0.1, 0.15) is 32.6 Å². The van der Waals surface area contributed by atoms with Crippen molar-refractivity contribution in [3.63, 3.8) is 0 Å². The van der Waals surface area contributed by atoms with Crippen molar-refractivity contribution in [1.82, 2.24) is 10.2 Å². The molecule has 7 nitrogen and oxygen atoms in total. The summed E-state index contributed by atoms with van der Waals surface area (Å²) in [4.78, 5) is 34.4. The van der Waals surface area contributed by atoms with Crippen LogP contribution in [-0.4, -0.2) is 41.5 Å². The average Bonchev–Trinajstić information content (AvgIpc) is 2.34. The van der Waals surface area contributed by atoms with E-state index in [-0.39, 0.29) is 25.3 Å². The molecule has 0 rings (SSSR count). The van der Waals surface area contributed by atoms with E-state index in [0.29, 0.717) is 12.8 Å². The summed E-state index contributed by atoms with van der Waals surface area (Å²) in [5.41, 5.74) is 0. The zero-order valence-electron chi connectivity index (χ0n) is 11.2. The number of hydrogen-bond acceptors (Lipinski definition) is 4. The second kappa shape index (κ2) is 8.91. The van der Waals surface area contributed by atoms with Gasteiger partial charge in [0.1, 0.15) is 0 Å². The molecule has 7 heteroatoms. The van der Waals surface area contributed by atoms with Crippen LogP contribution in [0.15, 0.2) is 0 Å². The first kappa shape index (κ1) is 16.9. The lowest BCUT2D eigenvalue weighted by molar-refractivity contribution is -0.137. The number of nitrogens with zero attached hydrogens (tertiary/aromatic N) is 2. The fourth-order valence-electron chi connectivity index (χ4n) is 1.37. The van der Waals surface area contributed by atoms with Crippen LogP contribution in [0.5, 0.6) is 0 Å². The third-order valence-corrected chi connectivity index (χ3v) is 2.41. The van der Waals surface area contributed by atoms with E-state index in [2.05, 4.69) is 5.32 Å². The molecule has 1 unspecified atom stereocenters. The van der Waals surface area contributed by atoms with Gasteiger partial charge >= 0.3 is 12.0 Å². The number of amides is 3. The first-order chi connectivity index (χ1) is 8.86. The van der Waals surface area contributed by atoms with Crippen molar-refractivity contribution in [2.24, 2.45) is 5.92 Å². The van der Waals surface area contributed by atoms with Crippen LogP contribution in [0, 0.1) is 17.2 Å². The van der Waals surface area contributed by atoms with Gasteiger partial charge in [0.2, 0.25) is 5.91 Å². The molecule has 0 aromatic heterocycles. The molecule has 2 N–H and O–H groups in total. The molecule has 3 amide bonds. The van der Waals surface area contributed by atoms with Gasteiger partial charge < -0.3 is 10.0 Å². The van der Waals surface area contributed by atoms with Crippen molar-refractivity contribution < 1.29 is 19.5 Å². The fraction of sp³-hybridized carbons (Fsp3) is 0.667. The quantitative estimate of drug-likeness (QED) is 0.669. The summed E-state index contributed by atoms with van der Waals surface area (Å²) in [6.45, 7) is 1.92. The zero-order chi connectivity index (χ0) is 14.8. The van der Waals surface area contributed by atoms with Crippen molar-refractivity contribution in [2.75, 3.05) is 13.6 Å². The monoisotopic (exact) mass is 269 g/mol. The molecular weight excluding hydrogens is 250 g/mol. The van der Waals surface area contributed by atoms with E-state index >= 15 is 0 Å². The topological polar surface area (TPSA) is 111 Å². The van der Waals surface area contributed by atoms with Gasteiger partial charge in [0.05, 0.1) is 12.0 Å². The van der Waals surface area contributed by atoms with Crippen LogP contribution in [0.3, 0.4) is 0 Å². The Balaban J connectivity index is 3.89. The van der Waals surface area contributed by atoms with Gasteiger partial charge in [-0.25, -0.2) is 4.79 Å². The van der Waals surface area contributed by atoms with E-state index in [4.69, 9.17) is 10.4 Å². The molecule has 0 radical (unpaired) electrons. The van der Waals surface area contributed by atoms with Crippen LogP contribution >= 0.6 is 0 Å². The number of nitrogens with one attached hydrogen (secondary N) is 1. The Hall–Kier alpha value is -2.10. The molecule has 0 fully saturated rings. The Morgan fingerprint density at radius 1 is 1.32 bits per heavy atom. The van der Waals surface area contributed by atoms with Crippen LogP contribution in [0.2, 0.25) is 0 Å². The number of carbonyl (C=O) groups excluding carboxylic acids is 2. The fourth-order valence-corrected chi connectivity index (χ4v) is 1.37. The summed E-state index contributed by atoms with van der Waals surface area (Å²) >= 11 is 0. The number of carboxylic acids is 1. The van der Waals surface area contributed by atoms with Gasteiger partial charge in [0.25, 0.3) is 0 Å². The van der Waals surface area contributed by atoms with Gasteiger partial charge in [-0.3, -0.25) is 14.9 Å². The normalized spacial score (nSPS) is 11.2. The Kier molecular flexibility index (Phi) is 7.93. The van der Waals surface area contributed by atoms with Crippen LogP contribution < -0.4 is 5.32 Å². The number of unbranched alkanes of at least 4 members (excludes halogenated alkanes) is 1. The molecular formula is C12H19N3O4. The lowest BCUT2D eigenvalue weighted by Crippen LogP contribution is -2.42. The summed E-state index contributed by atoms with van der Waals surface area (Å²) in [5.74, 6) is -1.64. The van der Waals surface area contributed by atoms with Crippen molar-refractivity contribution in [3.05, 3.63) is 0 Å². The third-order valence-electron chi connectivity index (χ3n) is 2.41. The smallest absolute Gasteiger partial charge is 0.323 e. The summed E-state index contributed by atoms with van der Waals surface area (Å²) in [5, 5.41) is 19.2. The Labute approximate surface area is 112 Å². The molecule has 0 aliphatic carbocycles. The summed E-state index contributed by atoms with van der Waals surface area (Å²) < 4.78 is 0. The van der Waals surface area contributed by atoms with Gasteiger partial charge in [-0.15, -0.1) is 0 Å². The predicted molar refractivity (Wildman–Crippen MR) is 67.0 cm³/mol. The standard InChI is InChI=1S/C12H19N3O4/c1-9(7-13)8-15(2)12(19)14-10(16)5-3-4-6-11(17)18/h9H,3-6,8H2,1-2H3,(H,17,18)(H,14,16,19). The predicted octanol–water partition coefficient (Wildman–Crippen LogP) is 0.959. The third kappa shape index (κ3) is 8.60. The highest BCUT2D eigenvalue weighted by atomic mass is 16.4. The van der Waals surface area contributed by atoms with Crippen molar-refractivity contribution in [2.45, 2.75) is 32.6 Å². The minimum Gasteiger partial charge on any atom is -0.481 e. The molecule has 0 saturated carbocycles. The lowest BCUT2D eigenvalue weighted by Gasteiger charge is -2.18. The van der Waals surface area contributed by atoms with Crippen LogP contribution in [0.4, 0.5) is 4.79 Å². The zero-order valence-corrected chi connectivity index (χ0v) is 11.2. The van der Waals surface area contributed by atoms with Crippen molar-refractivity contribution in [1.29, 1.82) is 5.26 Å². The molecule has 0 aliphatic heterocycles. The van der Waals surface area contributed by atoms with Gasteiger partial charge in [0.15, 0.2) is 0 Å². The summed E-state index contributed by atoms with van der Waals surface area (Å²) in [7, 11) is 1.50. The molecule has 1 atom stereocenters. The lowest BCUT2D eigenvalue weighted by atomic mass is 10.2. The average molecular weight is 269 g/mol. The van der Waals surface area contributed by atoms with E-state index in [9.17, 15) is 14.4 Å². The Bertz CT molecular complexity index is 376. The number of imide groups is 1. The first-order valence-corrected chi connectivity index (χ1v) is 6.03. The number of carbonyl (C=O) groups is 3. The first-order valence-electron chi connectivity index (χ1n) is 6.03. The molecule has 0 spiro atoms. The number of nitriles is 1. The number of urea groups is 1. The minimum atomic E-state index is -0.901. The van der Waals surface area contributed by atoms with Gasteiger partial charge in [-0.2, -0.15) is 5.26 Å². The SMILES string of the molecule is CC(C#N)CN(C)C(=O)NC(=O)CCCCC(=O)O. The van der Waals surface area contributed by atoms with E-state index in [1.165, 1.54) is 11.9 Å². The van der Waals surface area contributed by atoms with Crippen molar-refractivity contribution in [3.8, 4) is 6.07 Å². The van der Waals surface area contributed by atoms with Gasteiger partial charge in [-0.1, -0.05) is 0 Å². The molecule has 0 saturated heterocycles. The number of carboxylic acid groups (broad SMARTS) is 1. The highest BCUT2D eigenvalue weighted by Crippen LogP contribution is 2.00. The molecule has 0 heterocycles. The maximum Gasteiger partial charge on any atom is 0.323 e. The molecule has 0 aliphatic rings. The van der Waals surface area contributed by atoms with E-state index in [0.717, 1.165) is 0 Å². The van der Waals surface area contributed by atoms with E-state index in [1.54, 1.807) is 6.92 Å². The maximum absolute atomic E-state index is 11.5. The van der Waals surface area contributed by atoms with Gasteiger partial charge in [0, 0.05) is 26.4 Å². The van der Waals surface area contributed by atoms with Crippen LogP contribution in [-0.2, 0) is 9.59 Å². The number of aliphatic carboxylic acids is 1. The minimum absolute atomic E-state index is 0.0147. The Morgan fingerprint density at radius 2 is 1.89 bits per heavy atom. The number of hydrogen-bond donors (Lipinski definition) is 2. The highest BCUT2D eigenvalue weighted by molar-refractivity contribution is 5.94. The largest absolute Gasteiger partial charge is 0.481 e. The number of rotatable bonds is 7. The Morgan fingerprint density at radius 3 is 2.42 bits per heavy atom. The van der Waals surface area contributed by atoms with E-state index in [1.807, 2.05) is 6.07 Å². The summed E-state index contributed by atoms with van der Waals surface area (Å²) in [6.07, 6.45) is 0.948. The molecule has 0 aromatic rings. The molecule has 0 bridgehead atoms. The van der Waals surface area contributed by atoms with Gasteiger partial charge in [-0.05, 0) is 19.8 Å². The van der Waals surface area contributed by atoms with Crippen LogP contribution in [0.25, 0.3) is 0 Å². The second-order valence-electron chi connectivity index (χ2n) is 4.36. The highest BCUT2D eigenvalue weighted by Gasteiger charge is 2.14. The summed E-state index contributed by atoms with van der Waals surface area (Å²) in [6, 6.07) is 1.44. The van der Waals surface area contributed by atoms with E-state index < -0.39 is 17.9 Å². The van der Waals surface area contributed by atoms with Crippen molar-refractivity contribution >= 4 is 17.9 Å².